The molecule has 0 heterocycles. The van der Waals surface area contributed by atoms with Gasteiger partial charge in [0.15, 0.2) is 6.10 Å². The van der Waals surface area contributed by atoms with Gasteiger partial charge in [-0.2, -0.15) is 0 Å². The highest BCUT2D eigenvalue weighted by Gasteiger charge is 2.28. The third-order valence-electron chi connectivity index (χ3n) is 4.59. The van der Waals surface area contributed by atoms with E-state index in [2.05, 4.69) is 10.0 Å². The van der Waals surface area contributed by atoms with Gasteiger partial charge in [-0.05, 0) is 50.5 Å². The lowest BCUT2D eigenvalue weighted by Gasteiger charge is -2.16. The van der Waals surface area contributed by atoms with Crippen molar-refractivity contribution in [3.8, 4) is 0 Å². The molecule has 1 fully saturated rings. The van der Waals surface area contributed by atoms with Crippen LogP contribution in [-0.4, -0.2) is 32.4 Å². The van der Waals surface area contributed by atoms with E-state index < -0.39 is 28.1 Å². The molecule has 3 rings (SSSR count). The highest BCUT2D eigenvalue weighted by Crippen LogP contribution is 2.20. The molecule has 7 nitrogen and oxygen atoms in total. The summed E-state index contributed by atoms with van der Waals surface area (Å²) in [6.45, 7) is 3.23. The number of carbonyl (C=O) groups excluding carboxylic acids is 2. The number of esters is 1. The molecule has 0 aliphatic heterocycles. The molecular weight excluding hydrogens is 392 g/mol. The summed E-state index contributed by atoms with van der Waals surface area (Å²) < 4.78 is 33.2. The summed E-state index contributed by atoms with van der Waals surface area (Å²) >= 11 is 0. The highest BCUT2D eigenvalue weighted by atomic mass is 32.2. The fraction of sp³-hybridized carbons (Fsp3) is 0.333. The van der Waals surface area contributed by atoms with Gasteiger partial charge in [0.25, 0.3) is 5.91 Å². The van der Waals surface area contributed by atoms with E-state index in [1.165, 1.54) is 31.2 Å². The Labute approximate surface area is 170 Å². The zero-order valence-corrected chi connectivity index (χ0v) is 17.1. The summed E-state index contributed by atoms with van der Waals surface area (Å²) in [5.41, 5.74) is 0.883. The first-order chi connectivity index (χ1) is 13.8. The van der Waals surface area contributed by atoms with E-state index in [4.69, 9.17) is 4.74 Å². The molecule has 0 saturated heterocycles. The summed E-state index contributed by atoms with van der Waals surface area (Å²) in [7, 11) is -3.85. The number of carbonyl (C=O) groups is 2. The third-order valence-corrected chi connectivity index (χ3v) is 6.13. The van der Waals surface area contributed by atoms with Crippen molar-refractivity contribution in [1.29, 1.82) is 0 Å². The van der Waals surface area contributed by atoms with Crippen LogP contribution in [0.5, 0.6) is 0 Å². The number of hydrogen-bond donors (Lipinski definition) is 2. The van der Waals surface area contributed by atoms with Crippen LogP contribution in [0.4, 0.5) is 0 Å². The lowest BCUT2D eigenvalue weighted by molar-refractivity contribution is -0.129. The number of rotatable bonds is 8. The van der Waals surface area contributed by atoms with Crippen LogP contribution in [0.2, 0.25) is 0 Å². The smallest absolute Gasteiger partial charge is 0.338 e. The van der Waals surface area contributed by atoms with Crippen molar-refractivity contribution >= 4 is 21.9 Å². The van der Waals surface area contributed by atoms with Crippen molar-refractivity contribution in [2.75, 3.05) is 0 Å². The van der Waals surface area contributed by atoms with Gasteiger partial charge in [-0.3, -0.25) is 4.79 Å². The Bertz CT molecular complexity index is 987. The second kappa shape index (κ2) is 8.75. The van der Waals surface area contributed by atoms with E-state index in [-0.39, 0.29) is 22.4 Å². The maximum atomic E-state index is 12.7. The molecule has 0 spiro atoms. The minimum Gasteiger partial charge on any atom is -0.449 e. The average molecular weight is 416 g/mol. The molecule has 1 saturated carbocycles. The van der Waals surface area contributed by atoms with Crippen molar-refractivity contribution in [1.82, 2.24) is 10.0 Å². The van der Waals surface area contributed by atoms with E-state index in [9.17, 15) is 18.0 Å². The molecule has 8 heteroatoms. The maximum Gasteiger partial charge on any atom is 0.338 e. The molecule has 2 aromatic rings. The molecule has 1 aliphatic carbocycles. The zero-order chi connectivity index (χ0) is 21.0. The Balaban J connectivity index is 1.68. The predicted octanol–water partition coefficient (Wildman–Crippen LogP) is 2.55. The van der Waals surface area contributed by atoms with E-state index >= 15 is 0 Å². The number of amides is 1. The van der Waals surface area contributed by atoms with Crippen LogP contribution in [0.25, 0.3) is 0 Å². The maximum absolute atomic E-state index is 12.7. The molecule has 0 bridgehead atoms. The summed E-state index contributed by atoms with van der Waals surface area (Å²) in [5, 5.41) is 2.76. The van der Waals surface area contributed by atoms with Crippen molar-refractivity contribution in [2.45, 2.75) is 49.8 Å². The monoisotopic (exact) mass is 416 g/mol. The van der Waals surface area contributed by atoms with Crippen LogP contribution in [-0.2, 0) is 19.6 Å². The van der Waals surface area contributed by atoms with Gasteiger partial charge in [0, 0.05) is 12.1 Å². The Hall–Kier alpha value is -2.71. The molecule has 29 heavy (non-hydrogen) atoms. The van der Waals surface area contributed by atoms with Gasteiger partial charge in [0.1, 0.15) is 0 Å². The molecule has 0 unspecified atom stereocenters. The number of hydrogen-bond acceptors (Lipinski definition) is 5. The molecule has 0 radical (unpaired) electrons. The zero-order valence-electron chi connectivity index (χ0n) is 16.3. The lowest BCUT2D eigenvalue weighted by Crippen LogP contribution is -2.37. The molecular formula is C21H24N2O5S. The van der Waals surface area contributed by atoms with Crippen LogP contribution in [0.1, 0.15) is 48.7 Å². The van der Waals surface area contributed by atoms with Gasteiger partial charge in [-0.1, -0.05) is 36.4 Å². The van der Waals surface area contributed by atoms with Crippen molar-refractivity contribution in [2.24, 2.45) is 0 Å². The summed E-state index contributed by atoms with van der Waals surface area (Å²) in [5.74, 6) is -1.11. The fourth-order valence-corrected chi connectivity index (χ4v) is 4.01. The van der Waals surface area contributed by atoms with Gasteiger partial charge in [-0.15, -0.1) is 0 Å². The summed E-state index contributed by atoms with van der Waals surface area (Å²) in [4.78, 5) is 24.3. The largest absolute Gasteiger partial charge is 0.449 e. The average Bonchev–Trinajstić information content (AvgIpc) is 3.52. The summed E-state index contributed by atoms with van der Waals surface area (Å²) in [6.07, 6.45) is 0.904. The van der Waals surface area contributed by atoms with E-state index in [0.717, 1.165) is 18.4 Å². The Kier molecular flexibility index (Phi) is 6.34. The fourth-order valence-electron chi connectivity index (χ4n) is 2.73. The molecule has 154 valence electrons. The molecule has 1 aliphatic rings. The standard InChI is InChI=1S/C21H24N2O5S/c1-14(16-7-4-3-5-8-16)23-29(26,27)19-10-6-9-17(13-19)21(25)28-15(2)20(24)22-18-11-12-18/h3-10,13-15,18,23H,11-12H2,1-2H3,(H,22,24)/t14-,15-/m1/s1. The normalized spacial score (nSPS) is 15.9. The quantitative estimate of drug-likeness (QED) is 0.644. The number of ether oxygens (including phenoxy) is 1. The van der Waals surface area contributed by atoms with Crippen molar-refractivity contribution in [3.63, 3.8) is 0 Å². The highest BCUT2D eigenvalue weighted by molar-refractivity contribution is 7.89. The number of benzene rings is 2. The van der Waals surface area contributed by atoms with Crippen molar-refractivity contribution < 1.29 is 22.7 Å². The van der Waals surface area contributed by atoms with Crippen molar-refractivity contribution in [3.05, 3.63) is 65.7 Å². The second-order valence-electron chi connectivity index (χ2n) is 7.11. The molecule has 2 N–H and O–H groups in total. The predicted molar refractivity (Wildman–Crippen MR) is 108 cm³/mol. The Morgan fingerprint density at radius 2 is 1.72 bits per heavy atom. The first-order valence-corrected chi connectivity index (χ1v) is 10.9. The van der Waals surface area contributed by atoms with E-state index in [1.54, 1.807) is 6.92 Å². The van der Waals surface area contributed by atoms with E-state index in [1.807, 2.05) is 30.3 Å². The number of sulfonamides is 1. The minimum absolute atomic E-state index is 0.0511. The first-order valence-electron chi connectivity index (χ1n) is 9.45. The van der Waals surface area contributed by atoms with Crippen LogP contribution < -0.4 is 10.0 Å². The van der Waals surface area contributed by atoms with Gasteiger partial charge >= 0.3 is 5.97 Å². The van der Waals surface area contributed by atoms with Gasteiger partial charge < -0.3 is 10.1 Å². The third kappa shape index (κ3) is 5.65. The molecule has 0 aromatic heterocycles. The molecule has 1 amide bonds. The van der Waals surface area contributed by atoms with Gasteiger partial charge in [-0.25, -0.2) is 17.9 Å². The Morgan fingerprint density at radius 1 is 1.03 bits per heavy atom. The number of nitrogens with one attached hydrogen (secondary N) is 2. The molecule has 2 atom stereocenters. The second-order valence-corrected chi connectivity index (χ2v) is 8.83. The molecule has 2 aromatic carbocycles. The van der Waals surface area contributed by atoms with E-state index in [0.29, 0.717) is 0 Å². The summed E-state index contributed by atoms with van der Waals surface area (Å²) in [6, 6.07) is 14.5. The van der Waals surface area contributed by atoms with Crippen LogP contribution in [0.3, 0.4) is 0 Å². The Morgan fingerprint density at radius 3 is 2.38 bits per heavy atom. The van der Waals surface area contributed by atoms with Crippen LogP contribution in [0.15, 0.2) is 59.5 Å². The van der Waals surface area contributed by atoms with Crippen LogP contribution >= 0.6 is 0 Å². The first kappa shape index (κ1) is 21.0. The van der Waals surface area contributed by atoms with Gasteiger partial charge in [0.2, 0.25) is 10.0 Å². The lowest BCUT2D eigenvalue weighted by atomic mass is 10.1. The SMILES string of the molecule is C[C@@H](OC(=O)c1cccc(S(=O)(=O)N[C@H](C)c2ccccc2)c1)C(=O)NC1CC1. The minimum atomic E-state index is -3.85. The topological polar surface area (TPSA) is 102 Å². The van der Waals surface area contributed by atoms with Gasteiger partial charge in [0.05, 0.1) is 10.5 Å². The van der Waals surface area contributed by atoms with Crippen LogP contribution in [0, 0.1) is 0 Å².